The summed E-state index contributed by atoms with van der Waals surface area (Å²) in [5, 5.41) is 0.597. The molecular weight excluding hydrogens is 498 g/mol. The van der Waals surface area contributed by atoms with Crippen LogP contribution in [0.1, 0.15) is 40.0 Å². The molecule has 0 atom stereocenters. The zero-order valence-corrected chi connectivity index (χ0v) is 22.2. The predicted octanol–water partition coefficient (Wildman–Crippen LogP) is 6.67. The van der Waals surface area contributed by atoms with E-state index in [0.717, 1.165) is 28.3 Å². The molecule has 8 heteroatoms. The summed E-state index contributed by atoms with van der Waals surface area (Å²) in [4.78, 5) is 32.8. The highest BCUT2D eigenvalue weighted by atomic mass is 32.2. The number of aromatic nitrogens is 1. The molecule has 38 heavy (non-hydrogen) atoms. The van der Waals surface area contributed by atoms with E-state index in [4.69, 9.17) is 14.1 Å². The number of aliphatic imine (C=N–C) groups is 1. The van der Waals surface area contributed by atoms with Gasteiger partial charge in [0.25, 0.3) is 5.91 Å². The number of hydrogen-bond acceptors (Lipinski definition) is 6. The fourth-order valence-corrected chi connectivity index (χ4v) is 5.35. The summed E-state index contributed by atoms with van der Waals surface area (Å²) in [6, 6.07) is 22.6. The highest BCUT2D eigenvalue weighted by Crippen LogP contribution is 2.36. The zero-order valence-electron chi connectivity index (χ0n) is 21.4. The molecule has 2 aromatic carbocycles. The van der Waals surface area contributed by atoms with Crippen LogP contribution in [-0.4, -0.2) is 33.1 Å². The van der Waals surface area contributed by atoms with Crippen LogP contribution in [0.2, 0.25) is 0 Å². The van der Waals surface area contributed by atoms with Crippen molar-refractivity contribution < 1.29 is 18.7 Å². The number of ether oxygens (including phenoxy) is 1. The van der Waals surface area contributed by atoms with Crippen LogP contribution in [0.25, 0.3) is 11.8 Å². The van der Waals surface area contributed by atoms with Crippen LogP contribution in [0.3, 0.4) is 0 Å². The molecule has 1 aliphatic rings. The Morgan fingerprint density at radius 1 is 1.05 bits per heavy atom. The predicted molar refractivity (Wildman–Crippen MR) is 150 cm³/mol. The summed E-state index contributed by atoms with van der Waals surface area (Å²) in [7, 11) is 0. The van der Waals surface area contributed by atoms with E-state index in [1.54, 1.807) is 30.2 Å². The molecule has 4 aromatic rings. The van der Waals surface area contributed by atoms with Crippen LogP contribution in [0.15, 0.2) is 93.4 Å². The van der Waals surface area contributed by atoms with Crippen LogP contribution in [0.4, 0.5) is 5.69 Å². The van der Waals surface area contributed by atoms with E-state index in [9.17, 15) is 9.59 Å². The number of carbonyl (C=O) groups excluding carboxylic acids is 2. The van der Waals surface area contributed by atoms with Crippen molar-refractivity contribution in [1.82, 2.24) is 9.47 Å². The van der Waals surface area contributed by atoms with Crippen molar-refractivity contribution in [2.45, 2.75) is 27.3 Å². The van der Waals surface area contributed by atoms with Gasteiger partial charge in [0.15, 0.2) is 5.17 Å². The van der Waals surface area contributed by atoms with Gasteiger partial charge in [-0.3, -0.25) is 9.69 Å². The molecule has 0 radical (unpaired) electrons. The third-order valence-corrected chi connectivity index (χ3v) is 7.14. The molecular formula is C30H27N3O4S. The molecule has 1 amide bonds. The third-order valence-electron chi connectivity index (χ3n) is 6.14. The Labute approximate surface area is 225 Å². The van der Waals surface area contributed by atoms with Crippen molar-refractivity contribution in [3.63, 3.8) is 0 Å². The lowest BCUT2D eigenvalue weighted by Crippen LogP contribution is -2.28. The fraction of sp³-hybridized carbons (Fsp3) is 0.167. The largest absolute Gasteiger partial charge is 0.467 e. The molecule has 0 bridgehead atoms. The number of amides is 1. The van der Waals surface area contributed by atoms with Crippen molar-refractivity contribution in [3.8, 4) is 5.69 Å². The number of aryl methyl sites for hydroxylation is 1. The molecule has 0 spiro atoms. The van der Waals surface area contributed by atoms with Gasteiger partial charge in [-0.25, -0.2) is 9.79 Å². The Kier molecular flexibility index (Phi) is 7.33. The molecule has 7 nitrogen and oxygen atoms in total. The summed E-state index contributed by atoms with van der Waals surface area (Å²) >= 11 is 1.35. The third kappa shape index (κ3) is 5.21. The fourth-order valence-electron chi connectivity index (χ4n) is 4.36. The lowest BCUT2D eigenvalue weighted by Gasteiger charge is -2.13. The Morgan fingerprint density at radius 2 is 1.87 bits per heavy atom. The average molecular weight is 526 g/mol. The van der Waals surface area contributed by atoms with Crippen molar-refractivity contribution >= 4 is 40.6 Å². The summed E-state index contributed by atoms with van der Waals surface area (Å²) in [5.74, 6) is 0.199. The van der Waals surface area contributed by atoms with Gasteiger partial charge in [0, 0.05) is 17.1 Å². The van der Waals surface area contributed by atoms with Crippen molar-refractivity contribution in [1.29, 1.82) is 0 Å². The number of furan rings is 1. The van der Waals surface area contributed by atoms with Crippen molar-refractivity contribution in [3.05, 3.63) is 112 Å². The van der Waals surface area contributed by atoms with Crippen LogP contribution in [-0.2, 0) is 16.1 Å². The van der Waals surface area contributed by atoms with Crippen molar-refractivity contribution in [2.75, 3.05) is 6.61 Å². The van der Waals surface area contributed by atoms with Gasteiger partial charge in [-0.1, -0.05) is 24.3 Å². The maximum absolute atomic E-state index is 13.5. The Balaban J connectivity index is 1.50. The summed E-state index contributed by atoms with van der Waals surface area (Å²) < 4.78 is 12.7. The normalized spacial score (nSPS) is 15.6. The van der Waals surface area contributed by atoms with Gasteiger partial charge in [-0.15, -0.1) is 0 Å². The number of carbonyl (C=O) groups is 2. The van der Waals surface area contributed by atoms with Crippen LogP contribution in [0.5, 0.6) is 0 Å². The first-order chi connectivity index (χ1) is 18.4. The minimum atomic E-state index is -0.353. The molecule has 1 saturated heterocycles. The number of esters is 1. The average Bonchev–Trinajstić information content (AvgIpc) is 3.61. The van der Waals surface area contributed by atoms with Gasteiger partial charge >= 0.3 is 5.97 Å². The summed E-state index contributed by atoms with van der Waals surface area (Å²) in [6.07, 6.45) is 3.50. The van der Waals surface area contributed by atoms with Gasteiger partial charge in [0.05, 0.1) is 35.6 Å². The summed E-state index contributed by atoms with van der Waals surface area (Å²) in [6.45, 7) is 6.40. The van der Waals surface area contributed by atoms with E-state index in [-0.39, 0.29) is 11.9 Å². The monoisotopic (exact) mass is 525 g/mol. The molecule has 1 aliphatic heterocycles. The number of hydrogen-bond donors (Lipinski definition) is 0. The first-order valence-corrected chi connectivity index (χ1v) is 13.1. The molecule has 5 rings (SSSR count). The van der Waals surface area contributed by atoms with Gasteiger partial charge in [-0.2, -0.15) is 0 Å². The second kappa shape index (κ2) is 11.0. The summed E-state index contributed by atoms with van der Waals surface area (Å²) in [5.41, 5.74) is 4.97. The number of thioether (sulfide) groups is 1. The van der Waals surface area contributed by atoms with E-state index in [0.29, 0.717) is 34.5 Å². The van der Waals surface area contributed by atoms with Gasteiger partial charge in [0.1, 0.15) is 5.76 Å². The molecule has 0 aliphatic carbocycles. The maximum Gasteiger partial charge on any atom is 0.338 e. The molecule has 1 fully saturated rings. The quantitative estimate of drug-likeness (QED) is 0.199. The minimum Gasteiger partial charge on any atom is -0.467 e. The highest BCUT2D eigenvalue weighted by Gasteiger charge is 2.34. The number of amidine groups is 1. The van der Waals surface area contributed by atoms with Gasteiger partial charge in [0.2, 0.25) is 0 Å². The smallest absolute Gasteiger partial charge is 0.338 e. The van der Waals surface area contributed by atoms with E-state index >= 15 is 0 Å². The number of benzene rings is 2. The van der Waals surface area contributed by atoms with E-state index in [2.05, 4.69) is 4.57 Å². The molecule has 0 saturated carbocycles. The molecule has 0 unspecified atom stereocenters. The lowest BCUT2D eigenvalue weighted by molar-refractivity contribution is -0.122. The van der Waals surface area contributed by atoms with Crippen LogP contribution >= 0.6 is 11.8 Å². The van der Waals surface area contributed by atoms with Crippen molar-refractivity contribution in [2.24, 2.45) is 4.99 Å². The molecule has 3 heterocycles. The number of nitrogens with zero attached hydrogens (tertiary/aromatic N) is 3. The second-order valence-corrected chi connectivity index (χ2v) is 9.75. The SMILES string of the molecule is CCOC(=O)c1cccc(-n2c(C)cc(/C=C3\SC(=Nc4ccccc4)N(Cc4ccco4)C3=O)c2C)c1. The zero-order chi connectivity index (χ0) is 26.6. The van der Waals surface area contributed by atoms with Crippen LogP contribution in [0, 0.1) is 13.8 Å². The molecule has 192 valence electrons. The van der Waals surface area contributed by atoms with Crippen LogP contribution < -0.4 is 0 Å². The highest BCUT2D eigenvalue weighted by molar-refractivity contribution is 8.18. The minimum absolute atomic E-state index is 0.129. The molecule has 0 N–H and O–H groups in total. The van der Waals surface area contributed by atoms with E-state index in [1.807, 2.05) is 80.6 Å². The Bertz CT molecular complexity index is 1530. The second-order valence-electron chi connectivity index (χ2n) is 8.74. The lowest BCUT2D eigenvalue weighted by atomic mass is 10.2. The topological polar surface area (TPSA) is 77.0 Å². The standard InChI is InChI=1S/C30H27N3O4S/c1-4-36-29(35)22-10-8-13-25(17-22)33-20(2)16-23(21(33)3)18-27-28(34)32(19-26-14-9-15-37-26)30(38-27)31-24-11-6-5-7-12-24/h5-18H,4,19H2,1-3H3/b27-18-,31-30?. The van der Waals surface area contributed by atoms with Gasteiger partial charge in [-0.05, 0) is 92.7 Å². The van der Waals surface area contributed by atoms with E-state index < -0.39 is 0 Å². The number of rotatable bonds is 7. The first-order valence-electron chi connectivity index (χ1n) is 12.3. The Hall–Kier alpha value is -4.30. The first kappa shape index (κ1) is 25.4. The Morgan fingerprint density at radius 3 is 2.61 bits per heavy atom. The van der Waals surface area contributed by atoms with Gasteiger partial charge < -0.3 is 13.7 Å². The maximum atomic E-state index is 13.5. The number of para-hydroxylation sites is 1. The molecule has 2 aromatic heterocycles. The van der Waals surface area contributed by atoms with E-state index in [1.165, 1.54) is 11.8 Å².